The van der Waals surface area contributed by atoms with Crippen LogP contribution in [0, 0.1) is 0 Å². The summed E-state index contributed by atoms with van der Waals surface area (Å²) >= 11 is 0. The predicted octanol–water partition coefficient (Wildman–Crippen LogP) is 0.505. The van der Waals surface area contributed by atoms with E-state index in [9.17, 15) is 4.79 Å². The van der Waals surface area contributed by atoms with Crippen molar-refractivity contribution >= 4 is 11.6 Å². The number of carbonyl (C=O) groups excluding carboxylic acids is 1. The Labute approximate surface area is 69.8 Å². The van der Waals surface area contributed by atoms with Gasteiger partial charge in [0.1, 0.15) is 17.9 Å². The maximum absolute atomic E-state index is 10.7. The fraction of sp³-hybridized carbons (Fsp3) is 0.375. The summed E-state index contributed by atoms with van der Waals surface area (Å²) < 4.78 is 0. The zero-order chi connectivity index (χ0) is 8.55. The molecule has 1 saturated carbocycles. The Hall–Kier alpha value is -1.45. The molecule has 2 N–H and O–H groups in total. The molecular weight excluding hydrogens is 154 g/mol. The number of ketones is 1. The van der Waals surface area contributed by atoms with Crippen LogP contribution in [0.2, 0.25) is 0 Å². The van der Waals surface area contributed by atoms with E-state index in [4.69, 9.17) is 5.73 Å². The lowest BCUT2D eigenvalue weighted by molar-refractivity contribution is -0.124. The molecule has 12 heavy (non-hydrogen) atoms. The van der Waals surface area contributed by atoms with Gasteiger partial charge >= 0.3 is 0 Å². The van der Waals surface area contributed by atoms with Gasteiger partial charge in [-0.1, -0.05) is 0 Å². The number of hydrogen-bond donors (Lipinski definition) is 1. The average molecular weight is 163 g/mol. The first-order valence-corrected chi connectivity index (χ1v) is 3.84. The Balaban J connectivity index is 2.23. The highest BCUT2D eigenvalue weighted by atomic mass is 16.1. The van der Waals surface area contributed by atoms with Gasteiger partial charge in [0.2, 0.25) is 0 Å². The van der Waals surface area contributed by atoms with Crippen LogP contribution in [0.3, 0.4) is 0 Å². The minimum atomic E-state index is 0.263. The van der Waals surface area contributed by atoms with Crippen molar-refractivity contribution < 1.29 is 4.79 Å². The van der Waals surface area contributed by atoms with Gasteiger partial charge in [-0.25, -0.2) is 9.97 Å². The van der Waals surface area contributed by atoms with Crippen molar-refractivity contribution in [2.24, 2.45) is 0 Å². The number of carbonyl (C=O) groups is 1. The highest BCUT2D eigenvalue weighted by Crippen LogP contribution is 2.35. The second-order valence-corrected chi connectivity index (χ2v) is 3.01. The van der Waals surface area contributed by atoms with Gasteiger partial charge in [-0.2, -0.15) is 0 Å². The van der Waals surface area contributed by atoms with Crippen molar-refractivity contribution in [3.63, 3.8) is 0 Å². The van der Waals surface area contributed by atoms with Crippen molar-refractivity contribution in [3.8, 4) is 0 Å². The van der Waals surface area contributed by atoms with Gasteiger partial charge in [-0.05, 0) is 0 Å². The van der Waals surface area contributed by atoms with Gasteiger partial charge in [0.05, 0.1) is 0 Å². The summed E-state index contributed by atoms with van der Waals surface area (Å²) in [5.74, 6) is 1.06. The third-order valence-corrected chi connectivity index (χ3v) is 2.16. The molecule has 62 valence electrons. The summed E-state index contributed by atoms with van der Waals surface area (Å²) in [7, 11) is 0. The first-order valence-electron chi connectivity index (χ1n) is 3.84. The number of anilines is 1. The first-order chi connectivity index (χ1) is 5.77. The molecule has 1 aromatic rings. The van der Waals surface area contributed by atoms with Crippen LogP contribution in [-0.4, -0.2) is 15.8 Å². The van der Waals surface area contributed by atoms with Crippen LogP contribution in [0.15, 0.2) is 12.5 Å². The monoisotopic (exact) mass is 163 g/mol. The van der Waals surface area contributed by atoms with Gasteiger partial charge < -0.3 is 5.73 Å². The van der Waals surface area contributed by atoms with Crippen molar-refractivity contribution in [2.75, 3.05) is 5.73 Å². The number of hydrogen-bond acceptors (Lipinski definition) is 4. The fourth-order valence-electron chi connectivity index (χ4n) is 1.37. The summed E-state index contributed by atoms with van der Waals surface area (Å²) in [5, 5.41) is 0. The third kappa shape index (κ3) is 1.05. The number of nitrogen functional groups attached to an aromatic ring is 1. The van der Waals surface area contributed by atoms with Crippen LogP contribution in [0.5, 0.6) is 0 Å². The molecule has 0 spiro atoms. The fourth-order valence-corrected chi connectivity index (χ4v) is 1.37. The van der Waals surface area contributed by atoms with Crippen molar-refractivity contribution in [3.05, 3.63) is 18.1 Å². The zero-order valence-corrected chi connectivity index (χ0v) is 6.53. The van der Waals surface area contributed by atoms with Crippen LogP contribution < -0.4 is 5.73 Å². The van der Waals surface area contributed by atoms with E-state index in [1.165, 1.54) is 6.33 Å². The molecule has 1 aliphatic rings. The van der Waals surface area contributed by atoms with Crippen LogP contribution in [0.1, 0.15) is 24.3 Å². The number of nitrogens with two attached hydrogens (primary N) is 1. The molecule has 0 aliphatic heterocycles. The molecule has 0 aromatic carbocycles. The largest absolute Gasteiger partial charge is 0.383 e. The highest BCUT2D eigenvalue weighted by Gasteiger charge is 2.29. The SMILES string of the molecule is Nc1ncncc1C1CC(=O)C1. The van der Waals surface area contributed by atoms with Gasteiger partial charge in [0, 0.05) is 30.5 Å². The molecule has 0 atom stereocenters. The molecule has 2 rings (SSSR count). The smallest absolute Gasteiger partial charge is 0.134 e. The van der Waals surface area contributed by atoms with Gasteiger partial charge in [-0.15, -0.1) is 0 Å². The maximum atomic E-state index is 10.7. The zero-order valence-electron chi connectivity index (χ0n) is 6.53. The molecular formula is C8H9N3O. The summed E-state index contributed by atoms with van der Waals surface area (Å²) in [6.45, 7) is 0. The van der Waals surface area contributed by atoms with Gasteiger partial charge in [0.25, 0.3) is 0 Å². The van der Waals surface area contributed by atoms with E-state index in [2.05, 4.69) is 9.97 Å². The topological polar surface area (TPSA) is 68.9 Å². The molecule has 0 radical (unpaired) electrons. The van der Waals surface area contributed by atoms with E-state index in [1.807, 2.05) is 0 Å². The van der Waals surface area contributed by atoms with Crippen molar-refractivity contribution in [1.29, 1.82) is 0 Å². The minimum absolute atomic E-state index is 0.263. The molecule has 0 saturated heterocycles. The molecule has 0 amide bonds. The van der Waals surface area contributed by atoms with Crippen LogP contribution in [-0.2, 0) is 4.79 Å². The summed E-state index contributed by atoms with van der Waals surface area (Å²) in [4.78, 5) is 18.4. The Morgan fingerprint density at radius 1 is 1.50 bits per heavy atom. The molecule has 1 aromatic heterocycles. The summed E-state index contributed by atoms with van der Waals surface area (Å²) in [5.41, 5.74) is 6.53. The predicted molar refractivity (Wildman–Crippen MR) is 43.4 cm³/mol. The number of Topliss-reactive ketones (excluding diaryl/α,β-unsaturated/α-hetero) is 1. The summed E-state index contributed by atoms with van der Waals surface area (Å²) in [6, 6.07) is 0. The lowest BCUT2D eigenvalue weighted by Gasteiger charge is -2.24. The molecule has 0 unspecified atom stereocenters. The molecule has 1 heterocycles. The van der Waals surface area contributed by atoms with Crippen LogP contribution in [0.4, 0.5) is 5.82 Å². The Kier molecular flexibility index (Phi) is 1.53. The van der Waals surface area contributed by atoms with E-state index in [-0.39, 0.29) is 5.92 Å². The van der Waals surface area contributed by atoms with E-state index in [1.54, 1.807) is 6.20 Å². The van der Waals surface area contributed by atoms with Gasteiger partial charge in [-0.3, -0.25) is 4.79 Å². The lowest BCUT2D eigenvalue weighted by atomic mass is 9.79. The molecule has 1 fully saturated rings. The second kappa shape index (κ2) is 2.55. The van der Waals surface area contributed by atoms with Gasteiger partial charge in [0.15, 0.2) is 0 Å². The minimum Gasteiger partial charge on any atom is -0.383 e. The first kappa shape index (κ1) is 7.21. The third-order valence-electron chi connectivity index (χ3n) is 2.16. The van der Waals surface area contributed by atoms with Crippen molar-refractivity contribution in [2.45, 2.75) is 18.8 Å². The highest BCUT2D eigenvalue weighted by molar-refractivity contribution is 5.86. The molecule has 1 aliphatic carbocycles. The normalized spacial score (nSPS) is 17.5. The Morgan fingerprint density at radius 3 is 2.83 bits per heavy atom. The quantitative estimate of drug-likeness (QED) is 0.654. The summed E-state index contributed by atoms with van der Waals surface area (Å²) in [6.07, 6.45) is 4.30. The molecule has 4 heteroatoms. The van der Waals surface area contributed by atoms with Crippen molar-refractivity contribution in [1.82, 2.24) is 9.97 Å². The van der Waals surface area contributed by atoms with Crippen LogP contribution >= 0.6 is 0 Å². The maximum Gasteiger partial charge on any atom is 0.134 e. The Bertz CT molecular complexity index is 316. The lowest BCUT2D eigenvalue weighted by Crippen LogP contribution is -2.22. The van der Waals surface area contributed by atoms with Crippen LogP contribution in [0.25, 0.3) is 0 Å². The Morgan fingerprint density at radius 2 is 2.25 bits per heavy atom. The number of nitrogens with zero attached hydrogens (tertiary/aromatic N) is 2. The van der Waals surface area contributed by atoms with E-state index in [0.717, 1.165) is 5.56 Å². The number of rotatable bonds is 1. The second-order valence-electron chi connectivity index (χ2n) is 3.01. The number of aromatic nitrogens is 2. The molecule has 4 nitrogen and oxygen atoms in total. The van der Waals surface area contributed by atoms with E-state index >= 15 is 0 Å². The van der Waals surface area contributed by atoms with E-state index < -0.39 is 0 Å². The van der Waals surface area contributed by atoms with E-state index in [0.29, 0.717) is 24.4 Å². The average Bonchev–Trinajstić information content (AvgIpc) is 2.01. The standard InChI is InChI=1S/C8H9N3O/c9-8-7(3-10-4-11-8)5-1-6(12)2-5/h3-5H,1-2H2,(H2,9,10,11). The molecule has 0 bridgehead atoms.